The lowest BCUT2D eigenvalue weighted by atomic mass is 10.0. The van der Waals surface area contributed by atoms with Crippen molar-refractivity contribution in [3.8, 4) is 22.8 Å². The number of nitrogens with zero attached hydrogens (tertiary/aromatic N) is 6. The molecule has 0 saturated carbocycles. The Kier molecular flexibility index (Phi) is 8.57. The molecule has 42 heavy (non-hydrogen) atoms. The Labute approximate surface area is 244 Å². The van der Waals surface area contributed by atoms with Crippen LogP contribution in [0.25, 0.3) is 17.1 Å². The summed E-state index contributed by atoms with van der Waals surface area (Å²) in [5.74, 6) is 0.951. The molecule has 0 spiro atoms. The minimum atomic E-state index is -4.75. The second-order valence-electron chi connectivity index (χ2n) is 9.18. The first-order chi connectivity index (χ1) is 20.2. The predicted molar refractivity (Wildman–Crippen MR) is 157 cm³/mol. The Morgan fingerprint density at radius 1 is 1.12 bits per heavy atom. The molecule has 4 aromatic rings. The van der Waals surface area contributed by atoms with Gasteiger partial charge in [0.1, 0.15) is 12.1 Å². The van der Waals surface area contributed by atoms with E-state index in [2.05, 4.69) is 61.2 Å². The smallest absolute Gasteiger partial charge is 0.406 e. The third-order valence-electron chi connectivity index (χ3n) is 6.32. The van der Waals surface area contributed by atoms with Crippen molar-refractivity contribution in [2.75, 3.05) is 17.2 Å². The summed E-state index contributed by atoms with van der Waals surface area (Å²) < 4.78 is 42.5. The van der Waals surface area contributed by atoms with Crippen molar-refractivity contribution < 1.29 is 22.7 Å². The number of carbonyl (C=O) groups is 1. The summed E-state index contributed by atoms with van der Waals surface area (Å²) in [4.78, 5) is 23.1. The van der Waals surface area contributed by atoms with Crippen molar-refractivity contribution in [3.63, 3.8) is 0 Å². The monoisotopic (exact) mass is 593 g/mol. The zero-order chi connectivity index (χ0) is 29.7. The molecule has 5 rings (SSSR count). The van der Waals surface area contributed by atoms with Crippen molar-refractivity contribution in [3.05, 3.63) is 89.7 Å². The fourth-order valence-corrected chi connectivity index (χ4v) is 5.35. The van der Waals surface area contributed by atoms with E-state index >= 15 is 0 Å². The summed E-state index contributed by atoms with van der Waals surface area (Å²) in [6.45, 7) is 4.95. The fraction of sp³-hybridized carbons (Fsp3) is 0.207. The van der Waals surface area contributed by atoms with E-state index in [-0.39, 0.29) is 5.75 Å². The summed E-state index contributed by atoms with van der Waals surface area (Å²) in [5.41, 5.74) is 7.89. The molecule has 1 N–H and O–H groups in total. The number of rotatable bonds is 7. The van der Waals surface area contributed by atoms with Gasteiger partial charge in [0.15, 0.2) is 11.0 Å². The number of benzene rings is 3. The number of amides is 2. The number of hydrogen-bond acceptors (Lipinski definition) is 6. The SMILES string of the molecule is CCc1cccc(C)c1N1CCSC1=NC(=O)N/N=C/c1ccc(-c2ncn(-c3ccc(OC(F)(F)F)cc3)n2)cc1. The number of alkyl halides is 3. The molecule has 2 amide bonds. The third-order valence-corrected chi connectivity index (χ3v) is 7.27. The van der Waals surface area contributed by atoms with Gasteiger partial charge in [-0.25, -0.2) is 19.9 Å². The van der Waals surface area contributed by atoms with Crippen molar-refractivity contribution in [2.24, 2.45) is 10.1 Å². The van der Waals surface area contributed by atoms with Crippen molar-refractivity contribution in [2.45, 2.75) is 26.6 Å². The molecule has 9 nitrogen and oxygen atoms in total. The first-order valence-corrected chi connectivity index (χ1v) is 14.0. The predicted octanol–water partition coefficient (Wildman–Crippen LogP) is 6.36. The number of hydrogen-bond donors (Lipinski definition) is 1. The van der Waals surface area contributed by atoms with E-state index in [1.54, 1.807) is 24.3 Å². The molecule has 0 bridgehead atoms. The van der Waals surface area contributed by atoms with E-state index in [1.807, 2.05) is 6.07 Å². The molecule has 0 aliphatic carbocycles. The first kappa shape index (κ1) is 28.9. The summed E-state index contributed by atoms with van der Waals surface area (Å²) >= 11 is 1.54. The van der Waals surface area contributed by atoms with Crippen LogP contribution in [0.1, 0.15) is 23.6 Å². The second-order valence-corrected chi connectivity index (χ2v) is 10.2. The zero-order valence-corrected chi connectivity index (χ0v) is 23.5. The lowest BCUT2D eigenvalue weighted by molar-refractivity contribution is -0.274. The maximum Gasteiger partial charge on any atom is 0.573 e. The van der Waals surface area contributed by atoms with Gasteiger partial charge in [-0.1, -0.05) is 61.2 Å². The summed E-state index contributed by atoms with van der Waals surface area (Å²) in [6.07, 6.45) is -0.894. The summed E-state index contributed by atoms with van der Waals surface area (Å²) in [7, 11) is 0. The van der Waals surface area contributed by atoms with Crippen molar-refractivity contribution in [1.29, 1.82) is 0 Å². The topological polar surface area (TPSA) is 97.0 Å². The number of amidine groups is 1. The van der Waals surface area contributed by atoms with Gasteiger partial charge in [0.05, 0.1) is 11.9 Å². The van der Waals surface area contributed by atoms with Gasteiger partial charge in [0, 0.05) is 23.5 Å². The quantitative estimate of drug-likeness (QED) is 0.198. The fourth-order valence-electron chi connectivity index (χ4n) is 4.41. The highest BCUT2D eigenvalue weighted by Gasteiger charge is 2.31. The molecule has 0 radical (unpaired) electrons. The van der Waals surface area contributed by atoms with Crippen LogP contribution in [0, 0.1) is 6.92 Å². The van der Waals surface area contributed by atoms with E-state index < -0.39 is 12.4 Å². The molecule has 0 unspecified atom stereocenters. The van der Waals surface area contributed by atoms with E-state index in [9.17, 15) is 18.0 Å². The molecule has 1 fully saturated rings. The number of thioether (sulfide) groups is 1. The number of para-hydroxylation sites is 1. The second kappa shape index (κ2) is 12.5. The molecule has 2 heterocycles. The van der Waals surface area contributed by atoms with Crippen LogP contribution in [0.5, 0.6) is 5.75 Å². The van der Waals surface area contributed by atoms with Crippen LogP contribution >= 0.6 is 11.8 Å². The van der Waals surface area contributed by atoms with Crippen LogP contribution in [-0.2, 0) is 6.42 Å². The van der Waals surface area contributed by atoms with E-state index in [1.165, 1.54) is 58.8 Å². The Balaban J connectivity index is 1.19. The molecular formula is C29H26F3N7O2S. The van der Waals surface area contributed by atoms with Gasteiger partial charge in [-0.15, -0.1) is 18.3 Å². The number of anilines is 1. The number of ether oxygens (including phenoxy) is 1. The molecule has 1 saturated heterocycles. The Morgan fingerprint density at radius 2 is 1.88 bits per heavy atom. The molecule has 1 aromatic heterocycles. The van der Waals surface area contributed by atoms with Gasteiger partial charge >= 0.3 is 12.4 Å². The van der Waals surface area contributed by atoms with Crippen LogP contribution in [0.15, 0.2) is 83.2 Å². The molecule has 216 valence electrons. The lowest BCUT2D eigenvalue weighted by Crippen LogP contribution is -2.28. The lowest BCUT2D eigenvalue weighted by Gasteiger charge is -2.23. The maximum atomic E-state index is 12.5. The molecule has 0 atom stereocenters. The number of nitrogens with one attached hydrogen (secondary N) is 1. The van der Waals surface area contributed by atoms with Crippen LogP contribution in [0.4, 0.5) is 23.7 Å². The van der Waals surface area contributed by atoms with Gasteiger partial charge in [0.25, 0.3) is 0 Å². The normalized spacial score (nSPS) is 14.6. The van der Waals surface area contributed by atoms with Gasteiger partial charge in [-0.05, 0) is 54.3 Å². The average Bonchev–Trinajstić information content (AvgIpc) is 3.63. The van der Waals surface area contributed by atoms with Crippen LogP contribution in [-0.4, -0.2) is 50.8 Å². The highest BCUT2D eigenvalue weighted by atomic mass is 32.2. The summed E-state index contributed by atoms with van der Waals surface area (Å²) in [6, 6.07) is 18.1. The molecule has 1 aliphatic rings. The number of aromatic nitrogens is 3. The Hall–Kier alpha value is -4.65. The first-order valence-electron chi connectivity index (χ1n) is 13.0. The number of carbonyl (C=O) groups excluding carboxylic acids is 1. The standard InChI is InChI=1S/C29H26F3N7O2S/c1-3-21-6-4-5-19(2)25(21)38-15-16-42-28(38)35-27(40)36-34-17-20-7-9-22(10-8-20)26-33-18-39(37-26)23-11-13-24(14-12-23)41-29(30,31)32/h4-14,17-18H,3,15-16H2,1-2H3,(H,36,40)/b34-17+,35-28?. The number of aryl methyl sites for hydroxylation is 2. The number of aliphatic imine (C=N–C) groups is 1. The van der Waals surface area contributed by atoms with E-state index in [4.69, 9.17) is 0 Å². The highest BCUT2D eigenvalue weighted by Crippen LogP contribution is 2.32. The van der Waals surface area contributed by atoms with Crippen molar-refractivity contribution >= 4 is 34.9 Å². The molecule has 3 aromatic carbocycles. The van der Waals surface area contributed by atoms with Crippen LogP contribution < -0.4 is 15.1 Å². The minimum absolute atomic E-state index is 0.320. The molecule has 13 heteroatoms. The highest BCUT2D eigenvalue weighted by molar-refractivity contribution is 8.14. The van der Waals surface area contributed by atoms with E-state index in [0.29, 0.717) is 16.7 Å². The Morgan fingerprint density at radius 3 is 2.60 bits per heavy atom. The van der Waals surface area contributed by atoms with Gasteiger partial charge < -0.3 is 9.64 Å². The van der Waals surface area contributed by atoms with Crippen LogP contribution in [0.3, 0.4) is 0 Å². The number of halogens is 3. The van der Waals surface area contributed by atoms with Crippen LogP contribution in [0.2, 0.25) is 0 Å². The van der Waals surface area contributed by atoms with Gasteiger partial charge in [-0.2, -0.15) is 10.1 Å². The minimum Gasteiger partial charge on any atom is -0.406 e. The third kappa shape index (κ3) is 6.97. The van der Waals surface area contributed by atoms with Gasteiger partial charge in [-0.3, -0.25) is 0 Å². The van der Waals surface area contributed by atoms with Gasteiger partial charge in [0.2, 0.25) is 0 Å². The number of urea groups is 1. The molecular weight excluding hydrogens is 567 g/mol. The maximum absolute atomic E-state index is 12.5. The van der Waals surface area contributed by atoms with E-state index in [0.717, 1.165) is 41.1 Å². The molecule has 1 aliphatic heterocycles. The summed E-state index contributed by atoms with van der Waals surface area (Å²) in [5, 5.41) is 9.07. The Bertz CT molecular complexity index is 1620. The number of hydrazone groups is 1. The zero-order valence-electron chi connectivity index (χ0n) is 22.7. The van der Waals surface area contributed by atoms with Crippen molar-refractivity contribution in [1.82, 2.24) is 20.2 Å². The average molecular weight is 594 g/mol. The largest absolute Gasteiger partial charge is 0.573 e.